The van der Waals surface area contributed by atoms with E-state index in [0.717, 1.165) is 30.8 Å². The summed E-state index contributed by atoms with van der Waals surface area (Å²) in [5.41, 5.74) is 2.96. The summed E-state index contributed by atoms with van der Waals surface area (Å²) in [6.45, 7) is 3.40. The van der Waals surface area contributed by atoms with Gasteiger partial charge in [0.05, 0.1) is 25.5 Å². The zero-order chi connectivity index (χ0) is 25.6. The Morgan fingerprint density at radius 2 is 1.89 bits per heavy atom. The number of hydrogen-bond donors (Lipinski definition) is 1. The molecule has 0 bridgehead atoms. The van der Waals surface area contributed by atoms with Crippen molar-refractivity contribution in [3.05, 3.63) is 65.1 Å². The number of nitrogens with zero attached hydrogens (tertiary/aromatic N) is 5. The minimum atomic E-state index is 0.529. The number of ether oxygens (including phenoxy) is 2. The van der Waals surface area contributed by atoms with Gasteiger partial charge in [-0.1, -0.05) is 17.7 Å². The highest BCUT2D eigenvalue weighted by atomic mass is 35.5. The van der Waals surface area contributed by atoms with E-state index in [1.807, 2.05) is 41.0 Å². The van der Waals surface area contributed by atoms with Crippen LogP contribution >= 0.6 is 23.5 Å². The number of likely N-dealkylation sites (tertiary alicyclic amines) is 1. The molecule has 0 spiro atoms. The maximum absolute atomic E-state index is 6.25. The molecule has 1 N–H and O–H groups in total. The van der Waals surface area contributed by atoms with Crippen LogP contribution in [0, 0.1) is 0 Å². The fourth-order valence-corrected chi connectivity index (χ4v) is 5.12. The number of para-hydroxylation sites is 1. The van der Waals surface area contributed by atoms with E-state index in [1.165, 1.54) is 37.0 Å². The normalized spacial score (nSPS) is 13.4. The highest BCUT2D eigenvalue weighted by molar-refractivity contribution is 8.00. The first kappa shape index (κ1) is 25.4. The van der Waals surface area contributed by atoms with Crippen LogP contribution in [0.4, 0.5) is 5.95 Å². The lowest BCUT2D eigenvalue weighted by Gasteiger charge is -2.30. The first-order valence-electron chi connectivity index (χ1n) is 12.1. The van der Waals surface area contributed by atoms with Crippen LogP contribution in [0.15, 0.2) is 53.3 Å². The molecular weight excluding hydrogens is 512 g/mol. The lowest BCUT2D eigenvalue weighted by Crippen LogP contribution is -2.38. The Kier molecular flexibility index (Phi) is 8.18. The molecule has 0 amide bonds. The van der Waals surface area contributed by atoms with E-state index in [1.54, 1.807) is 26.7 Å². The highest BCUT2D eigenvalue weighted by Gasteiger charge is 2.23. The number of anilines is 1. The summed E-state index contributed by atoms with van der Waals surface area (Å²) in [5, 5.41) is 9.49. The summed E-state index contributed by atoms with van der Waals surface area (Å²) in [4.78, 5) is 7.08. The topological polar surface area (TPSA) is 90.5 Å². The van der Waals surface area contributed by atoms with E-state index >= 15 is 0 Å². The molecule has 0 atom stereocenters. The third-order valence-electron chi connectivity index (χ3n) is 6.31. The molecular formula is C26H29ClN6O3S. The average molecular weight is 541 g/mol. The molecule has 4 heterocycles. The smallest absolute Gasteiger partial charge is 0.239 e. The monoisotopic (exact) mass is 540 g/mol. The molecule has 1 aliphatic heterocycles. The van der Waals surface area contributed by atoms with Crippen molar-refractivity contribution < 1.29 is 13.9 Å². The van der Waals surface area contributed by atoms with Crippen LogP contribution in [0.5, 0.6) is 11.5 Å². The van der Waals surface area contributed by atoms with Gasteiger partial charge in [0.1, 0.15) is 17.2 Å². The summed E-state index contributed by atoms with van der Waals surface area (Å²) in [6.07, 6.45) is 6.36. The number of rotatable bonds is 12. The second-order valence-corrected chi connectivity index (χ2v) is 9.91. The quantitative estimate of drug-likeness (QED) is 0.193. The summed E-state index contributed by atoms with van der Waals surface area (Å²) >= 11 is 7.78. The van der Waals surface area contributed by atoms with Crippen LogP contribution in [0.25, 0.3) is 17.3 Å². The molecule has 37 heavy (non-hydrogen) atoms. The number of methoxy groups -OCH3 is 2. The number of benzene rings is 1. The zero-order valence-corrected chi connectivity index (χ0v) is 22.4. The molecule has 3 aromatic heterocycles. The Hall–Kier alpha value is -3.21. The lowest BCUT2D eigenvalue weighted by atomic mass is 10.1. The molecule has 194 valence electrons. The predicted octanol–water partition coefficient (Wildman–Crippen LogP) is 5.14. The lowest BCUT2D eigenvalue weighted by molar-refractivity contribution is 0.184. The van der Waals surface area contributed by atoms with Crippen LogP contribution in [-0.2, 0) is 12.8 Å². The summed E-state index contributed by atoms with van der Waals surface area (Å²) < 4.78 is 22.2. The van der Waals surface area contributed by atoms with Gasteiger partial charge in [-0.15, -0.1) is 10.2 Å². The van der Waals surface area contributed by atoms with Crippen molar-refractivity contribution in [1.82, 2.24) is 24.6 Å². The van der Waals surface area contributed by atoms with Gasteiger partial charge in [0.25, 0.3) is 0 Å². The van der Waals surface area contributed by atoms with Crippen molar-refractivity contribution in [2.45, 2.75) is 19.3 Å². The van der Waals surface area contributed by atoms with Crippen molar-refractivity contribution in [3.8, 4) is 28.8 Å². The van der Waals surface area contributed by atoms with Crippen LogP contribution in [-0.4, -0.2) is 64.3 Å². The van der Waals surface area contributed by atoms with Gasteiger partial charge < -0.3 is 18.8 Å². The van der Waals surface area contributed by atoms with E-state index in [4.69, 9.17) is 25.5 Å². The molecule has 9 nitrogen and oxygen atoms in total. The minimum absolute atomic E-state index is 0.529. The van der Waals surface area contributed by atoms with E-state index in [-0.39, 0.29) is 0 Å². The minimum Gasteiger partial charge on any atom is -0.494 e. The fraction of sp³-hybridized carbons (Fsp3) is 0.346. The van der Waals surface area contributed by atoms with E-state index in [2.05, 4.69) is 24.8 Å². The molecule has 1 saturated heterocycles. The molecule has 1 aromatic carbocycles. The number of aryl methyl sites for hydroxylation is 1. The molecule has 5 rings (SSSR count). The van der Waals surface area contributed by atoms with Crippen LogP contribution in [0.2, 0.25) is 5.02 Å². The highest BCUT2D eigenvalue weighted by Crippen LogP contribution is 2.38. The summed E-state index contributed by atoms with van der Waals surface area (Å²) in [7, 11) is 3.24. The number of furan rings is 1. The maximum Gasteiger partial charge on any atom is 0.239 e. The Bertz CT molecular complexity index is 1300. The SMILES string of the molecule is COc1cccc(OC)c1-n1c(NSCCc2ncc(Cl)cc2CCN2CCC2)nnc1-c1ccco1. The van der Waals surface area contributed by atoms with Crippen molar-refractivity contribution in [3.63, 3.8) is 0 Å². The van der Waals surface area contributed by atoms with Gasteiger partial charge in [-0.2, -0.15) is 0 Å². The first-order valence-corrected chi connectivity index (χ1v) is 13.5. The van der Waals surface area contributed by atoms with E-state index in [0.29, 0.717) is 39.7 Å². The van der Waals surface area contributed by atoms with Crippen molar-refractivity contribution in [2.75, 3.05) is 44.3 Å². The standard InChI is InChI=1S/C26H29ClN6O3S/c1-34-21-6-3-7-22(35-2)24(21)33-25(23-8-4-14-36-23)29-30-26(33)31-37-15-10-20-18(16-19(27)17-28-20)9-13-32-11-5-12-32/h3-4,6-8,14,16-17H,5,9-13,15H2,1-2H3,(H,30,31). The summed E-state index contributed by atoms with van der Waals surface area (Å²) in [5.74, 6) is 3.66. The zero-order valence-electron chi connectivity index (χ0n) is 20.8. The number of halogens is 1. The van der Waals surface area contributed by atoms with E-state index < -0.39 is 0 Å². The van der Waals surface area contributed by atoms with Gasteiger partial charge in [-0.25, -0.2) is 0 Å². The molecule has 4 aromatic rings. The molecule has 0 unspecified atom stereocenters. The Labute approximate surface area is 225 Å². The molecule has 1 aliphatic rings. The van der Waals surface area contributed by atoms with E-state index in [9.17, 15) is 0 Å². The van der Waals surface area contributed by atoms with Crippen LogP contribution in [0.1, 0.15) is 17.7 Å². The van der Waals surface area contributed by atoms with Crippen LogP contribution in [0.3, 0.4) is 0 Å². The van der Waals surface area contributed by atoms with Gasteiger partial charge >= 0.3 is 0 Å². The maximum atomic E-state index is 6.25. The second kappa shape index (κ2) is 11.9. The molecule has 11 heteroatoms. The Morgan fingerprint density at radius 1 is 1.08 bits per heavy atom. The van der Waals surface area contributed by atoms with Crippen molar-refractivity contribution >= 4 is 29.5 Å². The molecule has 0 saturated carbocycles. The van der Waals surface area contributed by atoms with Crippen molar-refractivity contribution in [2.24, 2.45) is 0 Å². The largest absolute Gasteiger partial charge is 0.494 e. The van der Waals surface area contributed by atoms with Gasteiger partial charge in [0.2, 0.25) is 11.8 Å². The Morgan fingerprint density at radius 3 is 2.57 bits per heavy atom. The number of pyridine rings is 1. The van der Waals surface area contributed by atoms with Crippen molar-refractivity contribution in [1.29, 1.82) is 0 Å². The molecule has 0 radical (unpaired) electrons. The predicted molar refractivity (Wildman–Crippen MR) is 146 cm³/mol. The molecule has 1 fully saturated rings. The second-order valence-electron chi connectivity index (χ2n) is 8.58. The summed E-state index contributed by atoms with van der Waals surface area (Å²) in [6, 6.07) is 11.3. The third kappa shape index (κ3) is 5.71. The number of hydrogen-bond acceptors (Lipinski definition) is 9. The number of aromatic nitrogens is 4. The van der Waals surface area contributed by atoms with Gasteiger partial charge in [-0.3, -0.25) is 14.3 Å². The Balaban J connectivity index is 1.34. The fourth-order valence-electron chi connectivity index (χ4n) is 4.28. The van der Waals surface area contributed by atoms with Crippen LogP contribution < -0.4 is 14.2 Å². The molecule has 0 aliphatic carbocycles. The van der Waals surface area contributed by atoms with Gasteiger partial charge in [0.15, 0.2) is 5.76 Å². The number of nitrogens with one attached hydrogen (secondary N) is 1. The van der Waals surface area contributed by atoms with Gasteiger partial charge in [-0.05, 0) is 73.8 Å². The first-order chi connectivity index (χ1) is 18.2. The third-order valence-corrected chi connectivity index (χ3v) is 7.25. The average Bonchev–Trinajstić information content (AvgIpc) is 3.56. The van der Waals surface area contributed by atoms with Gasteiger partial charge in [0, 0.05) is 30.6 Å².